The Hall–Kier alpha value is 5.51. The molecule has 0 amide bonds. The third-order valence-corrected chi connectivity index (χ3v) is 0. The maximum absolute atomic E-state index is 0. The van der Waals surface area contributed by atoms with E-state index in [4.69, 9.17) is 0 Å². The molecule has 0 aliphatic rings. The molecule has 0 atom stereocenters. The van der Waals surface area contributed by atoms with Crippen molar-refractivity contribution in [2.75, 3.05) is 0 Å². The summed E-state index contributed by atoms with van der Waals surface area (Å²) in [4.78, 5) is 0. The minimum absolute atomic E-state index is 0. The molecule has 0 aromatic rings. The maximum atomic E-state index is 0. The Kier molecular flexibility index (Phi) is 674. The molecule has 0 aliphatic carbocycles. The first-order chi connectivity index (χ1) is 0. The van der Waals surface area contributed by atoms with Crippen LogP contribution in [0, 0.1) is 83.5 Å². The van der Waals surface area contributed by atoms with E-state index in [2.05, 4.69) is 0 Å². The summed E-state index contributed by atoms with van der Waals surface area (Å²) in [6.07, 6.45) is 0. The van der Waals surface area contributed by atoms with Crippen molar-refractivity contribution in [3.05, 3.63) is 0 Å². The van der Waals surface area contributed by atoms with E-state index >= 15 is 0 Å². The molecule has 0 saturated carbocycles. The quantitative estimate of drug-likeness (QED) is 0.338. The van der Waals surface area contributed by atoms with Crippen molar-refractivity contribution in [1.29, 1.82) is 0 Å². The average Bonchev–Trinajstić information content (AvgIpc) is 0. The maximum Gasteiger partial charge on any atom is 3.00 e. The average molecular weight is 535 g/mol. The summed E-state index contributed by atoms with van der Waals surface area (Å²) < 4.78 is 0. The van der Waals surface area contributed by atoms with Gasteiger partial charge in [0.15, 0.2) is 0 Å². The first kappa shape index (κ1) is 87.2. The van der Waals surface area contributed by atoms with Crippen LogP contribution in [0.2, 0.25) is 0 Å². The zero-order valence-corrected chi connectivity index (χ0v) is 17.7. The zero-order chi connectivity index (χ0) is 0. The van der Waals surface area contributed by atoms with Crippen molar-refractivity contribution in [1.82, 2.24) is 0 Å². The Labute approximate surface area is 195 Å². The molecule has 0 aliphatic heterocycles. The van der Waals surface area contributed by atoms with Crippen molar-refractivity contribution < 1.29 is 111 Å². The fraction of sp³-hybridized carbons (Fsp3) is 0. The van der Waals surface area contributed by atoms with Gasteiger partial charge in [-0.2, -0.15) is 0 Å². The number of hydrogen-bond acceptors (Lipinski definition) is 0. The predicted molar refractivity (Wildman–Crippen MR) is 14.9 cm³/mol. The summed E-state index contributed by atoms with van der Waals surface area (Å²) in [7, 11) is 0. The summed E-state index contributed by atoms with van der Waals surface area (Å²) in [6, 6.07) is 0. The minimum Gasteiger partial charge on any atom is -2.00 e. The summed E-state index contributed by atoms with van der Waals surface area (Å²) in [5, 5.41) is 0. The molecule has 0 saturated heterocycles. The Morgan fingerprint density at radius 1 is 0.333 bits per heavy atom. The Morgan fingerprint density at radius 2 is 0.333 bits per heavy atom. The molecule has 0 heterocycles. The number of hydrogen-bond donors (Lipinski definition) is 0. The molecule has 0 fully saturated rings. The smallest absolute Gasteiger partial charge is 2.00 e. The Bertz CT molecular complexity index is 12.9. The zero-order valence-electron chi connectivity index (χ0n) is 4.46. The summed E-state index contributed by atoms with van der Waals surface area (Å²) >= 11 is 0. The van der Waals surface area contributed by atoms with Crippen LogP contribution in [-0.2, 0) is 27.4 Å². The van der Waals surface area contributed by atoms with Crippen LogP contribution >= 0.6 is 0 Å². The monoisotopic (exact) mass is 536 g/mol. The van der Waals surface area contributed by atoms with Crippen molar-refractivity contribution in [3.8, 4) is 0 Å². The van der Waals surface area contributed by atoms with Crippen LogP contribution in [0.25, 0.3) is 0 Å². The Morgan fingerprint density at radius 3 is 0.333 bits per heavy atom. The van der Waals surface area contributed by atoms with Gasteiger partial charge in [-0.3, -0.25) is 0 Å². The van der Waals surface area contributed by atoms with Crippen LogP contribution in [0.5, 0.6) is 0 Å². The van der Waals surface area contributed by atoms with Crippen LogP contribution in [0.4, 0.5) is 0 Å². The first-order valence-electron chi connectivity index (χ1n) is 0. The molecular weight excluding hydrogens is 535 g/mol. The second-order valence-electron chi connectivity index (χ2n) is 0. The SMILES string of the molecule is [Ce+3].[Ce+3].[O-2].[O-2].[O-2].[O-2].[O-2].[Sr+2].[Sr+2]. The van der Waals surface area contributed by atoms with E-state index in [1.165, 1.54) is 0 Å². The van der Waals surface area contributed by atoms with Gasteiger partial charge in [0.25, 0.3) is 0 Å². The molecule has 5 nitrogen and oxygen atoms in total. The van der Waals surface area contributed by atoms with Crippen molar-refractivity contribution in [2.24, 2.45) is 0 Å². The van der Waals surface area contributed by atoms with Crippen molar-refractivity contribution in [3.63, 3.8) is 0 Å². The van der Waals surface area contributed by atoms with Gasteiger partial charge in [-0.15, -0.1) is 0 Å². The van der Waals surface area contributed by atoms with Crippen LogP contribution < -0.4 is 0 Å². The van der Waals surface area contributed by atoms with Gasteiger partial charge in [0, 0.05) is 0 Å². The van der Waals surface area contributed by atoms with Gasteiger partial charge in [0.05, 0.1) is 0 Å². The van der Waals surface area contributed by atoms with E-state index in [1.54, 1.807) is 0 Å². The molecule has 9 heteroatoms. The molecule has 0 unspecified atom stereocenters. The number of rotatable bonds is 0. The minimum atomic E-state index is 0. The van der Waals surface area contributed by atoms with Crippen LogP contribution in [0.1, 0.15) is 0 Å². The fourth-order valence-electron chi connectivity index (χ4n) is 0. The van der Waals surface area contributed by atoms with E-state index in [-0.39, 0.29) is 202 Å². The molecule has 0 rings (SSSR count). The predicted octanol–water partition coefficient (Wildman–Crippen LogP) is -1.36. The molecule has 0 aromatic heterocycles. The van der Waals surface area contributed by atoms with Crippen molar-refractivity contribution in [2.45, 2.75) is 0 Å². The second-order valence-corrected chi connectivity index (χ2v) is 0. The Balaban J connectivity index is 0. The third-order valence-electron chi connectivity index (χ3n) is 0. The second kappa shape index (κ2) is 69.6. The van der Waals surface area contributed by atoms with Gasteiger partial charge in [-0.05, 0) is 0 Å². The third kappa shape index (κ3) is 58.9. The van der Waals surface area contributed by atoms with Crippen LogP contribution in [-0.4, -0.2) is 91.0 Å². The van der Waals surface area contributed by atoms with E-state index in [9.17, 15) is 0 Å². The molecule has 0 spiro atoms. The molecule has 42 valence electrons. The van der Waals surface area contributed by atoms with Gasteiger partial charge in [0.2, 0.25) is 0 Å². The molecule has 0 bridgehead atoms. The molecule has 0 aromatic carbocycles. The van der Waals surface area contributed by atoms with Crippen LogP contribution in [0.15, 0.2) is 0 Å². The van der Waals surface area contributed by atoms with Crippen LogP contribution in [0.3, 0.4) is 0 Å². The molecular formula is Ce2O5Sr2. The largest absolute Gasteiger partial charge is 3.00 e. The fourth-order valence-corrected chi connectivity index (χ4v) is 0. The van der Waals surface area contributed by atoms with E-state index in [1.807, 2.05) is 0 Å². The molecule has 9 heavy (non-hydrogen) atoms. The first-order valence-corrected chi connectivity index (χ1v) is 0. The standard InChI is InChI=1S/2Ce.5O.2Sr/q2*+3;5*-2;2*+2. The van der Waals surface area contributed by atoms with Gasteiger partial charge in [-0.25, -0.2) is 0 Å². The van der Waals surface area contributed by atoms with Gasteiger partial charge >= 0.3 is 174 Å². The normalized spacial score (nSPS) is 0. The summed E-state index contributed by atoms with van der Waals surface area (Å²) in [5.74, 6) is 0. The molecule has 2 radical (unpaired) electrons. The summed E-state index contributed by atoms with van der Waals surface area (Å²) in [6.45, 7) is 0. The topological polar surface area (TPSA) is 142 Å². The summed E-state index contributed by atoms with van der Waals surface area (Å²) in [5.41, 5.74) is 0. The van der Waals surface area contributed by atoms with E-state index in [0.717, 1.165) is 0 Å². The van der Waals surface area contributed by atoms with Gasteiger partial charge < -0.3 is 27.4 Å². The van der Waals surface area contributed by atoms with E-state index < -0.39 is 0 Å². The van der Waals surface area contributed by atoms with Gasteiger partial charge in [0.1, 0.15) is 0 Å². The molecule has 0 N–H and O–H groups in total. The van der Waals surface area contributed by atoms with Gasteiger partial charge in [-0.1, -0.05) is 0 Å². The van der Waals surface area contributed by atoms with E-state index in [0.29, 0.717) is 0 Å². The van der Waals surface area contributed by atoms with Crippen molar-refractivity contribution >= 4 is 91.0 Å².